The number of rotatable bonds is 0. The monoisotopic (exact) mass is 442 g/mol. The van der Waals surface area contributed by atoms with Crippen LogP contribution in [0.25, 0.3) is 0 Å². The maximum absolute atomic E-state index is 9.51. The molecule has 0 aliphatic carbocycles. The molecule has 11 heteroatoms. The van der Waals surface area contributed by atoms with Crippen LogP contribution in [0.15, 0.2) is 0 Å². The van der Waals surface area contributed by atoms with Crippen molar-refractivity contribution < 1.29 is 19.8 Å². The first-order valence-electron chi connectivity index (χ1n) is 2.45. The Labute approximate surface area is 132 Å². The Morgan fingerprint density at radius 1 is 0.733 bits per heavy atom. The van der Waals surface area contributed by atoms with E-state index in [9.17, 15) is 19.8 Å². The van der Waals surface area contributed by atoms with Crippen molar-refractivity contribution >= 4 is 105 Å². The number of alkyl halides is 6. The summed E-state index contributed by atoms with van der Waals surface area (Å²) in [7, 11) is 0. The molecule has 0 unspecified atom stereocenters. The van der Waals surface area contributed by atoms with Gasteiger partial charge in [-0.3, -0.25) is 0 Å². The maximum atomic E-state index is 9.51. The van der Waals surface area contributed by atoms with E-state index in [1.807, 2.05) is 0 Å². The number of aliphatic carboxylic acids is 2. The minimum Gasteiger partial charge on any atom is -0.545 e. The minimum atomic E-state index is -2.28. The number of hydrogen-bond donors (Lipinski definition) is 0. The summed E-state index contributed by atoms with van der Waals surface area (Å²) in [6.45, 7) is 0. The van der Waals surface area contributed by atoms with Crippen molar-refractivity contribution in [2.75, 3.05) is 0 Å². The molecule has 0 aliphatic rings. The van der Waals surface area contributed by atoms with E-state index in [0.717, 1.165) is 0 Å². The second-order valence-corrected chi connectivity index (χ2v) is 6.13. The predicted molar refractivity (Wildman–Crippen MR) is 56.3 cm³/mol. The van der Waals surface area contributed by atoms with Crippen LogP contribution >= 0.6 is 69.6 Å². The Morgan fingerprint density at radius 2 is 0.800 bits per heavy atom. The summed E-state index contributed by atoms with van der Waals surface area (Å²) in [6, 6.07) is 0. The van der Waals surface area contributed by atoms with E-state index in [1.54, 1.807) is 0 Å². The predicted octanol–water partition coefficient (Wildman–Crippen LogP) is -0.168. The third kappa shape index (κ3) is 15.5. The number of carbonyl (C=O) groups excluding carboxylic acids is 2. The number of carbonyl (C=O) groups is 2. The third-order valence-corrected chi connectivity index (χ3v) is 1.39. The number of hydrogen-bond acceptors (Lipinski definition) is 4. The molecule has 86 valence electrons. The Morgan fingerprint density at radius 3 is 0.800 bits per heavy atom. The minimum absolute atomic E-state index is 0. The van der Waals surface area contributed by atoms with Crippen LogP contribution in [0, 0.1) is 0 Å². The largest absolute Gasteiger partial charge is 2.00 e. The van der Waals surface area contributed by atoms with E-state index in [-0.39, 0.29) is 23.9 Å². The Hall–Kier alpha value is 1.48. The molecule has 0 spiro atoms. The molecule has 4 nitrogen and oxygen atoms in total. The summed E-state index contributed by atoms with van der Waals surface area (Å²) in [5, 5.41) is 19.0. The van der Waals surface area contributed by atoms with Crippen LogP contribution < -0.4 is 10.2 Å². The zero-order valence-electron chi connectivity index (χ0n) is 6.40. The zero-order valence-corrected chi connectivity index (χ0v) is 13.8. The van der Waals surface area contributed by atoms with E-state index < -0.39 is 19.5 Å². The van der Waals surface area contributed by atoms with Gasteiger partial charge in [0.25, 0.3) is 0 Å². The molecule has 0 fully saturated rings. The standard InChI is InChI=1S/2C2HCl3O2.Sn/c2*3-2(4,5)1(6)7;/h2*(H,6,7);/q;;+2/p-2. The molecule has 0 aromatic rings. The second kappa shape index (κ2) is 8.55. The van der Waals surface area contributed by atoms with Crippen LogP contribution in [0.4, 0.5) is 0 Å². The summed E-state index contributed by atoms with van der Waals surface area (Å²) >= 11 is 28.4. The molecular weight excluding hydrogens is 443 g/mol. The van der Waals surface area contributed by atoms with Gasteiger partial charge in [0.05, 0.1) is 11.9 Å². The van der Waals surface area contributed by atoms with Gasteiger partial charge in [0.2, 0.25) is 7.59 Å². The summed E-state index contributed by atoms with van der Waals surface area (Å²) in [4.78, 5) is 19.0. The molecule has 0 saturated carbocycles. The van der Waals surface area contributed by atoms with Crippen LogP contribution in [0.5, 0.6) is 0 Å². The average Bonchev–Trinajstić information content (AvgIpc) is 1.83. The molecule has 0 aromatic heterocycles. The van der Waals surface area contributed by atoms with Crippen LogP contribution in [-0.2, 0) is 9.59 Å². The van der Waals surface area contributed by atoms with E-state index in [4.69, 9.17) is 69.6 Å². The van der Waals surface area contributed by atoms with Gasteiger partial charge < -0.3 is 19.8 Å². The summed E-state index contributed by atoms with van der Waals surface area (Å²) in [5.41, 5.74) is 0. The van der Waals surface area contributed by atoms with Crippen LogP contribution in [-0.4, -0.2) is 43.4 Å². The topological polar surface area (TPSA) is 80.3 Å². The van der Waals surface area contributed by atoms with E-state index in [0.29, 0.717) is 0 Å². The van der Waals surface area contributed by atoms with Crippen LogP contribution in [0.1, 0.15) is 0 Å². The fourth-order valence-electron chi connectivity index (χ4n) is 0. The molecule has 0 heterocycles. The summed E-state index contributed by atoms with van der Waals surface area (Å²) in [5.74, 6) is -3.42. The first-order chi connectivity index (χ1) is 5.89. The molecule has 0 aromatic carbocycles. The molecule has 0 aliphatic heterocycles. The molecule has 0 atom stereocenters. The first-order valence-corrected chi connectivity index (χ1v) is 4.72. The number of carboxylic acid groups (broad SMARTS) is 2. The van der Waals surface area contributed by atoms with Crippen molar-refractivity contribution in [1.29, 1.82) is 0 Å². The number of carboxylic acids is 2. The van der Waals surface area contributed by atoms with Crippen LogP contribution in [0.3, 0.4) is 0 Å². The van der Waals surface area contributed by atoms with Gasteiger partial charge in [-0.05, 0) is 0 Å². The van der Waals surface area contributed by atoms with Crippen molar-refractivity contribution in [2.45, 2.75) is 7.59 Å². The smallest absolute Gasteiger partial charge is 0.545 e. The van der Waals surface area contributed by atoms with Crippen molar-refractivity contribution in [3.05, 3.63) is 0 Å². The second-order valence-electron chi connectivity index (χ2n) is 1.57. The molecule has 0 N–H and O–H groups in total. The molecule has 0 bridgehead atoms. The zero-order chi connectivity index (χ0) is 12.2. The fraction of sp³-hybridized carbons (Fsp3) is 0.500. The molecule has 0 rings (SSSR count). The van der Waals surface area contributed by atoms with E-state index in [2.05, 4.69) is 0 Å². The van der Waals surface area contributed by atoms with E-state index in [1.165, 1.54) is 0 Å². The Kier molecular flexibility index (Phi) is 12.4. The first kappa shape index (κ1) is 21.7. The molecule has 0 saturated heterocycles. The Bertz CT molecular complexity index is 196. The fourth-order valence-corrected chi connectivity index (χ4v) is 0. The van der Waals surface area contributed by atoms with Gasteiger partial charge in [0.1, 0.15) is 0 Å². The maximum Gasteiger partial charge on any atom is 2.00 e. The summed E-state index contributed by atoms with van der Waals surface area (Å²) in [6.07, 6.45) is 0. The average molecular weight is 443 g/mol. The Balaban J connectivity index is -0.000000180. The molecular formula is C4Cl6O4Sn. The normalized spacial score (nSPS) is 10.5. The van der Waals surface area contributed by atoms with Crippen LogP contribution in [0.2, 0.25) is 0 Å². The van der Waals surface area contributed by atoms with Gasteiger partial charge in [0, 0.05) is 0 Å². The summed E-state index contributed by atoms with van der Waals surface area (Å²) < 4.78 is -4.56. The van der Waals surface area contributed by atoms with Crippen molar-refractivity contribution in [1.82, 2.24) is 0 Å². The number of halogens is 6. The van der Waals surface area contributed by atoms with Gasteiger partial charge in [-0.25, -0.2) is 0 Å². The van der Waals surface area contributed by atoms with Gasteiger partial charge in [-0.1, -0.05) is 69.6 Å². The van der Waals surface area contributed by atoms with Crippen molar-refractivity contribution in [3.8, 4) is 0 Å². The quantitative estimate of drug-likeness (QED) is 0.385. The van der Waals surface area contributed by atoms with Gasteiger partial charge in [-0.2, -0.15) is 0 Å². The van der Waals surface area contributed by atoms with Crippen molar-refractivity contribution in [3.63, 3.8) is 0 Å². The third-order valence-electron chi connectivity index (χ3n) is 0.463. The van der Waals surface area contributed by atoms with Gasteiger partial charge in [0.15, 0.2) is 0 Å². The van der Waals surface area contributed by atoms with Crippen molar-refractivity contribution in [2.24, 2.45) is 0 Å². The van der Waals surface area contributed by atoms with Gasteiger partial charge in [-0.15, -0.1) is 0 Å². The molecule has 15 heavy (non-hydrogen) atoms. The van der Waals surface area contributed by atoms with Gasteiger partial charge >= 0.3 is 23.9 Å². The van der Waals surface area contributed by atoms with E-state index >= 15 is 0 Å². The molecule has 2 radical (unpaired) electrons. The molecule has 0 amide bonds. The SMILES string of the molecule is O=C([O-])C(Cl)(Cl)Cl.O=C([O-])C(Cl)(Cl)Cl.[Sn+2].